The highest BCUT2D eigenvalue weighted by Crippen LogP contribution is 2.33. The molecule has 0 aliphatic rings. The normalized spacial score (nSPS) is 11.0. The number of aliphatic carboxylic acids is 1. The Hall–Kier alpha value is -3.85. The third-order valence-electron chi connectivity index (χ3n) is 4.64. The maximum atomic E-state index is 13.0. The molecule has 3 N–H and O–H groups in total. The van der Waals surface area contributed by atoms with E-state index in [9.17, 15) is 18.0 Å². The van der Waals surface area contributed by atoms with Crippen molar-refractivity contribution in [2.75, 3.05) is 11.3 Å². The third kappa shape index (κ3) is 6.33. The lowest BCUT2D eigenvalue weighted by atomic mass is 10.1. The van der Waals surface area contributed by atoms with Gasteiger partial charge in [0.25, 0.3) is 15.9 Å². The number of carboxylic acids is 1. The minimum absolute atomic E-state index is 0.0610. The highest BCUT2D eigenvalue weighted by Gasteiger charge is 2.19. The highest BCUT2D eigenvalue weighted by molar-refractivity contribution is 7.92. The zero-order chi connectivity index (χ0) is 24.0. The Morgan fingerprint density at radius 2 is 1.73 bits per heavy atom. The molecule has 0 saturated carbocycles. The van der Waals surface area contributed by atoms with Crippen molar-refractivity contribution in [3.63, 3.8) is 0 Å². The molecule has 0 bridgehead atoms. The zero-order valence-corrected chi connectivity index (χ0v) is 19.0. The molecule has 0 aliphatic carbocycles. The summed E-state index contributed by atoms with van der Waals surface area (Å²) in [5.74, 6) is -0.852. The van der Waals surface area contributed by atoms with E-state index in [-0.39, 0.29) is 34.2 Å². The minimum atomic E-state index is -3.96. The molecule has 0 saturated heterocycles. The van der Waals surface area contributed by atoms with Gasteiger partial charge in [-0.1, -0.05) is 29.8 Å². The standard InChI is InChI=1S/C24H24N2O6S/c1-3-25-24(29)18-9-12-22(32-19-6-4-5-17(13-19)14-23(27)28)21(15-18)26-33(30,31)20-10-7-16(2)8-11-20/h4-13,15,26H,3,14H2,1-2H3,(H,25,29)(H,27,28). The molecule has 0 radical (unpaired) electrons. The number of carbonyl (C=O) groups is 2. The average molecular weight is 469 g/mol. The fourth-order valence-electron chi connectivity index (χ4n) is 3.04. The van der Waals surface area contributed by atoms with E-state index >= 15 is 0 Å². The number of hydrogen-bond acceptors (Lipinski definition) is 5. The molecule has 0 heterocycles. The van der Waals surface area contributed by atoms with Crippen LogP contribution in [0.1, 0.15) is 28.4 Å². The third-order valence-corrected chi connectivity index (χ3v) is 6.02. The molecule has 9 heteroatoms. The molecular weight excluding hydrogens is 444 g/mol. The largest absolute Gasteiger partial charge is 0.481 e. The monoisotopic (exact) mass is 468 g/mol. The molecule has 0 unspecified atom stereocenters. The molecule has 0 atom stereocenters. The van der Waals surface area contributed by atoms with Crippen LogP contribution in [0.5, 0.6) is 11.5 Å². The number of nitrogens with one attached hydrogen (secondary N) is 2. The van der Waals surface area contributed by atoms with Crippen LogP contribution < -0.4 is 14.8 Å². The van der Waals surface area contributed by atoms with Crippen LogP contribution in [-0.4, -0.2) is 31.9 Å². The van der Waals surface area contributed by atoms with Crippen molar-refractivity contribution in [1.29, 1.82) is 0 Å². The number of anilines is 1. The Balaban J connectivity index is 1.98. The molecule has 0 aliphatic heterocycles. The van der Waals surface area contributed by atoms with Gasteiger partial charge in [-0.25, -0.2) is 8.42 Å². The number of aryl methyl sites for hydroxylation is 1. The molecule has 172 valence electrons. The fraction of sp³-hybridized carbons (Fsp3) is 0.167. The van der Waals surface area contributed by atoms with Gasteiger partial charge in [0, 0.05) is 12.1 Å². The van der Waals surface area contributed by atoms with Crippen LogP contribution in [0, 0.1) is 6.92 Å². The van der Waals surface area contributed by atoms with Crippen LogP contribution in [0.2, 0.25) is 0 Å². The van der Waals surface area contributed by atoms with E-state index in [0.29, 0.717) is 17.9 Å². The zero-order valence-electron chi connectivity index (χ0n) is 18.2. The van der Waals surface area contributed by atoms with Gasteiger partial charge in [-0.3, -0.25) is 14.3 Å². The first-order chi connectivity index (χ1) is 15.7. The van der Waals surface area contributed by atoms with Crippen LogP contribution >= 0.6 is 0 Å². The molecule has 3 aromatic rings. The first-order valence-electron chi connectivity index (χ1n) is 10.2. The summed E-state index contributed by atoms with van der Waals surface area (Å²) in [7, 11) is -3.96. The lowest BCUT2D eigenvalue weighted by molar-refractivity contribution is -0.136. The maximum absolute atomic E-state index is 13.0. The van der Waals surface area contributed by atoms with Crippen LogP contribution in [0.25, 0.3) is 0 Å². The lowest BCUT2D eigenvalue weighted by Gasteiger charge is -2.15. The van der Waals surface area contributed by atoms with Gasteiger partial charge < -0.3 is 15.2 Å². The van der Waals surface area contributed by atoms with Crippen molar-refractivity contribution in [1.82, 2.24) is 5.32 Å². The number of rotatable bonds is 9. The minimum Gasteiger partial charge on any atom is -0.481 e. The summed E-state index contributed by atoms with van der Waals surface area (Å²) in [5.41, 5.74) is 1.77. The second-order valence-corrected chi connectivity index (χ2v) is 8.99. The summed E-state index contributed by atoms with van der Waals surface area (Å²) < 4.78 is 34.3. The number of sulfonamides is 1. The molecule has 0 fully saturated rings. The molecule has 33 heavy (non-hydrogen) atoms. The van der Waals surface area contributed by atoms with E-state index in [0.717, 1.165) is 5.56 Å². The van der Waals surface area contributed by atoms with E-state index in [4.69, 9.17) is 9.84 Å². The summed E-state index contributed by atoms with van der Waals surface area (Å²) >= 11 is 0. The molecule has 8 nitrogen and oxygen atoms in total. The van der Waals surface area contributed by atoms with Crippen molar-refractivity contribution >= 4 is 27.6 Å². The van der Waals surface area contributed by atoms with E-state index < -0.39 is 16.0 Å². The number of ether oxygens (including phenoxy) is 1. The van der Waals surface area contributed by atoms with Gasteiger partial charge in [-0.2, -0.15) is 0 Å². The van der Waals surface area contributed by atoms with Gasteiger partial charge in [-0.05, 0) is 61.9 Å². The molecule has 3 aromatic carbocycles. The second kappa shape index (κ2) is 10.2. The number of carboxylic acid groups (broad SMARTS) is 1. The predicted octanol–water partition coefficient (Wildman–Crippen LogP) is 3.96. The Morgan fingerprint density at radius 1 is 1.00 bits per heavy atom. The van der Waals surface area contributed by atoms with Crippen LogP contribution in [0.4, 0.5) is 5.69 Å². The lowest BCUT2D eigenvalue weighted by Crippen LogP contribution is -2.23. The van der Waals surface area contributed by atoms with Crippen molar-refractivity contribution in [3.05, 3.63) is 83.4 Å². The summed E-state index contributed by atoms with van der Waals surface area (Å²) in [6, 6.07) is 17.2. The Labute approximate surface area is 192 Å². The van der Waals surface area contributed by atoms with E-state index in [2.05, 4.69) is 10.0 Å². The highest BCUT2D eigenvalue weighted by atomic mass is 32.2. The predicted molar refractivity (Wildman–Crippen MR) is 124 cm³/mol. The van der Waals surface area contributed by atoms with Gasteiger partial charge >= 0.3 is 5.97 Å². The van der Waals surface area contributed by atoms with Crippen molar-refractivity contribution in [3.8, 4) is 11.5 Å². The second-order valence-electron chi connectivity index (χ2n) is 7.31. The van der Waals surface area contributed by atoms with E-state index in [1.807, 2.05) is 6.92 Å². The van der Waals surface area contributed by atoms with Gasteiger partial charge in [0.2, 0.25) is 0 Å². The topological polar surface area (TPSA) is 122 Å². The number of hydrogen-bond donors (Lipinski definition) is 3. The number of benzene rings is 3. The van der Waals surface area contributed by atoms with Crippen LogP contribution in [0.15, 0.2) is 71.6 Å². The number of amides is 1. The summed E-state index contributed by atoms with van der Waals surface area (Å²) in [4.78, 5) is 23.4. The van der Waals surface area contributed by atoms with Gasteiger partial charge in [-0.15, -0.1) is 0 Å². The molecule has 3 rings (SSSR count). The van der Waals surface area contributed by atoms with E-state index in [1.54, 1.807) is 43.3 Å². The van der Waals surface area contributed by atoms with Crippen molar-refractivity contribution < 1.29 is 27.9 Å². The van der Waals surface area contributed by atoms with Crippen molar-refractivity contribution in [2.24, 2.45) is 0 Å². The SMILES string of the molecule is CCNC(=O)c1ccc(Oc2cccc(CC(=O)O)c2)c(NS(=O)(=O)c2ccc(C)cc2)c1. The smallest absolute Gasteiger partial charge is 0.307 e. The molecule has 0 aromatic heterocycles. The average Bonchev–Trinajstić information content (AvgIpc) is 2.75. The first kappa shape index (κ1) is 23.8. The molecular formula is C24H24N2O6S. The molecule has 1 amide bonds. The maximum Gasteiger partial charge on any atom is 0.307 e. The van der Waals surface area contributed by atoms with Crippen LogP contribution in [0.3, 0.4) is 0 Å². The van der Waals surface area contributed by atoms with Crippen molar-refractivity contribution in [2.45, 2.75) is 25.2 Å². The van der Waals surface area contributed by atoms with Gasteiger partial charge in [0.1, 0.15) is 5.75 Å². The summed E-state index contributed by atoms with van der Waals surface area (Å²) in [6.07, 6.45) is -0.180. The van der Waals surface area contributed by atoms with Gasteiger partial charge in [0.05, 0.1) is 17.0 Å². The summed E-state index contributed by atoms with van der Waals surface area (Å²) in [5, 5.41) is 11.7. The molecule has 0 spiro atoms. The van der Waals surface area contributed by atoms with Gasteiger partial charge in [0.15, 0.2) is 5.75 Å². The number of carbonyl (C=O) groups excluding carboxylic acids is 1. The Kier molecular flexibility index (Phi) is 7.34. The summed E-state index contributed by atoms with van der Waals surface area (Å²) in [6.45, 7) is 4.04. The quantitative estimate of drug-likeness (QED) is 0.437. The Morgan fingerprint density at radius 3 is 2.39 bits per heavy atom. The fourth-order valence-corrected chi connectivity index (χ4v) is 4.11. The first-order valence-corrected chi connectivity index (χ1v) is 11.7. The van der Waals surface area contributed by atoms with Crippen LogP contribution in [-0.2, 0) is 21.2 Å². The Bertz CT molecular complexity index is 1270. The van der Waals surface area contributed by atoms with E-state index in [1.165, 1.54) is 30.3 Å².